The molecule has 0 saturated carbocycles. The molecule has 0 fully saturated rings. The van der Waals surface area contributed by atoms with E-state index >= 15 is 0 Å². The molecule has 3 aromatic rings. The van der Waals surface area contributed by atoms with Gasteiger partial charge in [0.2, 0.25) is 0 Å². The zero-order chi connectivity index (χ0) is 18.5. The van der Waals surface area contributed by atoms with Crippen molar-refractivity contribution in [3.63, 3.8) is 0 Å². The zero-order valence-electron chi connectivity index (χ0n) is 14.5. The quantitative estimate of drug-likeness (QED) is 0.338. The average molecular weight is 383 g/mol. The van der Waals surface area contributed by atoms with Crippen LogP contribution in [-0.4, -0.2) is 21.9 Å². The molecule has 0 aliphatic heterocycles. The Labute approximate surface area is 160 Å². The number of fused-ring (bicyclic) bond motifs is 1. The highest BCUT2D eigenvalue weighted by molar-refractivity contribution is 8.00. The number of nitriles is 1. The van der Waals surface area contributed by atoms with Gasteiger partial charge in [-0.15, -0.1) is 23.1 Å². The first-order chi connectivity index (χ1) is 12.6. The third kappa shape index (κ3) is 4.01. The maximum Gasteiger partial charge on any atom is 0.138 e. The van der Waals surface area contributed by atoms with Crippen LogP contribution in [0.4, 0.5) is 0 Å². The lowest BCUT2D eigenvalue weighted by atomic mass is 10.2. The van der Waals surface area contributed by atoms with Crippen LogP contribution in [0.2, 0.25) is 0 Å². The zero-order valence-corrected chi connectivity index (χ0v) is 16.1. The number of para-hydroxylation sites is 1. The molecule has 1 atom stereocenters. The molecule has 0 spiro atoms. The monoisotopic (exact) mass is 382 g/mol. The number of thiazole rings is 1. The summed E-state index contributed by atoms with van der Waals surface area (Å²) in [5.74, 6) is 0.863. The average Bonchev–Trinajstić information content (AvgIpc) is 3.07. The van der Waals surface area contributed by atoms with Crippen molar-refractivity contribution in [2.45, 2.75) is 24.0 Å². The molecule has 0 saturated heterocycles. The summed E-state index contributed by atoms with van der Waals surface area (Å²) in [6.45, 7) is 4.44. The molecule has 0 bridgehead atoms. The van der Waals surface area contributed by atoms with Crippen LogP contribution in [0.1, 0.15) is 18.9 Å². The van der Waals surface area contributed by atoms with Gasteiger partial charge in [-0.3, -0.25) is 0 Å². The van der Waals surface area contributed by atoms with Gasteiger partial charge in [-0.2, -0.15) is 5.26 Å². The van der Waals surface area contributed by atoms with Crippen LogP contribution in [0.15, 0.2) is 59.2 Å². The SMILES string of the molecule is CCOc1ccc(SC(C)/C(O)=C(\C#N)c2nc3ccccc3s2)cc1. The van der Waals surface area contributed by atoms with Crippen molar-refractivity contribution in [2.24, 2.45) is 0 Å². The molecule has 1 heterocycles. The second-order valence-electron chi connectivity index (χ2n) is 5.52. The maximum atomic E-state index is 10.6. The highest BCUT2D eigenvalue weighted by atomic mass is 32.2. The molecule has 4 nitrogen and oxygen atoms in total. The molecule has 3 rings (SSSR count). The summed E-state index contributed by atoms with van der Waals surface area (Å²) in [4.78, 5) is 5.47. The minimum absolute atomic E-state index is 0.0467. The third-order valence-corrected chi connectivity index (χ3v) is 5.88. The summed E-state index contributed by atoms with van der Waals surface area (Å²) in [7, 11) is 0. The molecule has 0 amide bonds. The first-order valence-electron chi connectivity index (χ1n) is 8.21. The lowest BCUT2D eigenvalue weighted by molar-refractivity contribution is 0.340. The van der Waals surface area contributed by atoms with Crippen molar-refractivity contribution in [3.05, 3.63) is 59.3 Å². The Morgan fingerprint density at radius 1 is 1.27 bits per heavy atom. The summed E-state index contributed by atoms with van der Waals surface area (Å²) in [5, 5.41) is 20.5. The van der Waals surface area contributed by atoms with Gasteiger partial charge in [0.05, 0.1) is 22.1 Å². The van der Waals surface area contributed by atoms with Crippen LogP contribution in [0.25, 0.3) is 15.8 Å². The fourth-order valence-corrected chi connectivity index (χ4v) is 4.34. The minimum atomic E-state index is -0.269. The molecular weight excluding hydrogens is 364 g/mol. The fourth-order valence-electron chi connectivity index (χ4n) is 2.44. The normalized spacial score (nSPS) is 13.1. The molecule has 1 unspecified atom stereocenters. The highest BCUT2D eigenvalue weighted by Gasteiger charge is 2.19. The van der Waals surface area contributed by atoms with Gasteiger partial charge in [0, 0.05) is 4.90 Å². The minimum Gasteiger partial charge on any atom is -0.510 e. The van der Waals surface area contributed by atoms with E-state index < -0.39 is 0 Å². The Morgan fingerprint density at radius 3 is 2.65 bits per heavy atom. The summed E-state index contributed by atoms with van der Waals surface area (Å²) in [5.41, 5.74) is 1.07. The number of rotatable bonds is 6. The van der Waals surface area contributed by atoms with Crippen LogP contribution in [0.3, 0.4) is 0 Å². The van der Waals surface area contributed by atoms with E-state index in [1.54, 1.807) is 0 Å². The molecule has 2 aromatic carbocycles. The van der Waals surface area contributed by atoms with Crippen molar-refractivity contribution in [3.8, 4) is 11.8 Å². The molecule has 0 aliphatic carbocycles. The number of benzene rings is 2. The Bertz CT molecular complexity index is 938. The fraction of sp³-hybridized carbons (Fsp3) is 0.200. The van der Waals surface area contributed by atoms with Crippen molar-refractivity contribution < 1.29 is 9.84 Å². The summed E-state index contributed by atoms with van der Waals surface area (Å²) in [6.07, 6.45) is 0. The van der Waals surface area contributed by atoms with Gasteiger partial charge in [-0.25, -0.2) is 4.98 Å². The van der Waals surface area contributed by atoms with Crippen LogP contribution in [0, 0.1) is 11.3 Å². The van der Waals surface area contributed by atoms with Gasteiger partial charge >= 0.3 is 0 Å². The standard InChI is InChI=1S/C20H18N2O2S2/c1-3-24-14-8-10-15(11-9-14)25-13(2)19(23)16(12-21)20-22-17-6-4-5-7-18(17)26-20/h4-11,13,23H,3H2,1-2H3/b19-16-. The number of ether oxygens (including phenoxy) is 1. The van der Waals surface area contributed by atoms with Crippen molar-refractivity contribution >= 4 is 38.9 Å². The molecule has 0 radical (unpaired) electrons. The second kappa shape index (κ2) is 8.26. The number of aliphatic hydroxyl groups excluding tert-OH is 1. The summed E-state index contributed by atoms with van der Waals surface area (Å²) in [6, 6.07) is 17.5. The lowest BCUT2D eigenvalue weighted by Crippen LogP contribution is -2.03. The van der Waals surface area contributed by atoms with Crippen molar-refractivity contribution in [1.29, 1.82) is 5.26 Å². The van der Waals surface area contributed by atoms with Crippen LogP contribution >= 0.6 is 23.1 Å². The van der Waals surface area contributed by atoms with E-state index in [9.17, 15) is 10.4 Å². The molecule has 1 N–H and O–H groups in total. The van der Waals surface area contributed by atoms with E-state index in [2.05, 4.69) is 11.1 Å². The molecular formula is C20H18N2O2S2. The van der Waals surface area contributed by atoms with E-state index in [4.69, 9.17) is 4.74 Å². The number of hydrogen-bond donors (Lipinski definition) is 1. The highest BCUT2D eigenvalue weighted by Crippen LogP contribution is 2.34. The van der Waals surface area contributed by atoms with Gasteiger partial charge in [0.25, 0.3) is 0 Å². The van der Waals surface area contributed by atoms with Gasteiger partial charge < -0.3 is 9.84 Å². The first kappa shape index (κ1) is 18.3. The van der Waals surface area contributed by atoms with Crippen molar-refractivity contribution in [2.75, 3.05) is 6.61 Å². The topological polar surface area (TPSA) is 66.1 Å². The summed E-state index contributed by atoms with van der Waals surface area (Å²) >= 11 is 2.90. The van der Waals surface area contributed by atoms with E-state index in [1.807, 2.05) is 62.4 Å². The predicted octanol–water partition coefficient (Wildman–Crippen LogP) is 5.67. The van der Waals surface area contributed by atoms with E-state index in [1.165, 1.54) is 23.1 Å². The first-order valence-corrected chi connectivity index (χ1v) is 9.90. The van der Waals surface area contributed by atoms with Gasteiger partial charge in [-0.1, -0.05) is 12.1 Å². The number of nitrogens with zero attached hydrogens (tertiary/aromatic N) is 2. The Balaban J connectivity index is 1.83. The molecule has 26 heavy (non-hydrogen) atoms. The lowest BCUT2D eigenvalue weighted by Gasteiger charge is -2.12. The van der Waals surface area contributed by atoms with Crippen molar-refractivity contribution in [1.82, 2.24) is 4.98 Å². The largest absolute Gasteiger partial charge is 0.510 e. The van der Waals surface area contributed by atoms with Crippen LogP contribution < -0.4 is 4.74 Å². The number of thioether (sulfide) groups is 1. The van der Waals surface area contributed by atoms with E-state index in [-0.39, 0.29) is 16.6 Å². The van der Waals surface area contributed by atoms with Crippen LogP contribution in [0.5, 0.6) is 5.75 Å². The Hall–Kier alpha value is -2.49. The van der Waals surface area contributed by atoms with Gasteiger partial charge in [0.15, 0.2) is 0 Å². The third-order valence-electron chi connectivity index (χ3n) is 3.71. The molecule has 0 aliphatic rings. The molecule has 6 heteroatoms. The van der Waals surface area contributed by atoms with Crippen LogP contribution in [-0.2, 0) is 0 Å². The second-order valence-corrected chi connectivity index (χ2v) is 7.97. The van der Waals surface area contributed by atoms with Gasteiger partial charge in [0.1, 0.15) is 28.2 Å². The Morgan fingerprint density at radius 2 is 2.00 bits per heavy atom. The number of hydrogen-bond acceptors (Lipinski definition) is 6. The van der Waals surface area contributed by atoms with E-state index in [0.717, 1.165) is 20.9 Å². The molecule has 132 valence electrons. The Kier molecular flexibility index (Phi) is 5.82. The van der Waals surface area contributed by atoms with Gasteiger partial charge in [-0.05, 0) is 50.2 Å². The predicted molar refractivity (Wildman–Crippen MR) is 108 cm³/mol. The maximum absolute atomic E-state index is 10.6. The van der Waals surface area contributed by atoms with E-state index in [0.29, 0.717) is 11.6 Å². The molecule has 1 aromatic heterocycles. The smallest absolute Gasteiger partial charge is 0.138 e. The number of aliphatic hydroxyl groups is 1. The number of allylic oxidation sites excluding steroid dienone is 1. The summed E-state index contributed by atoms with van der Waals surface area (Å²) < 4.78 is 6.43. The number of aromatic nitrogens is 1.